The van der Waals surface area contributed by atoms with Crippen molar-refractivity contribution in [2.75, 3.05) is 19.6 Å². The lowest BCUT2D eigenvalue weighted by Crippen LogP contribution is -2.40. The smallest absolute Gasteiger partial charge is 0.236 e. The molecule has 0 bridgehead atoms. The Balaban J connectivity index is 3.91. The van der Waals surface area contributed by atoms with E-state index in [0.717, 1.165) is 0 Å². The molecule has 0 aliphatic rings. The molecule has 0 fully saturated rings. The van der Waals surface area contributed by atoms with E-state index in [-0.39, 0.29) is 11.8 Å². The lowest BCUT2D eigenvalue weighted by molar-refractivity contribution is -0.130. The second kappa shape index (κ2) is 6.89. The average Bonchev–Trinajstić information content (AvgIpc) is 2.18. The van der Waals surface area contributed by atoms with Gasteiger partial charge in [0.25, 0.3) is 0 Å². The zero-order chi connectivity index (χ0) is 12.8. The largest absolute Gasteiger partial charge is 0.354 e. The van der Waals surface area contributed by atoms with Crippen LogP contribution in [0.15, 0.2) is 0 Å². The van der Waals surface area contributed by atoms with Crippen LogP contribution in [0.4, 0.5) is 0 Å². The number of carbonyl (C=O) groups is 2. The number of nitrogens with one attached hydrogen (secondary N) is 1. The minimum Gasteiger partial charge on any atom is -0.354 e. The SMILES string of the molecule is CCN(CC)C(=O)CCNC(=O)C(C)(C)Br. The van der Waals surface area contributed by atoms with Crippen molar-refractivity contribution in [3.63, 3.8) is 0 Å². The number of amides is 2. The van der Waals surface area contributed by atoms with Crippen LogP contribution in [0.3, 0.4) is 0 Å². The Kier molecular flexibility index (Phi) is 6.64. The maximum Gasteiger partial charge on any atom is 0.236 e. The molecule has 5 heteroatoms. The van der Waals surface area contributed by atoms with Crippen molar-refractivity contribution in [1.29, 1.82) is 0 Å². The van der Waals surface area contributed by atoms with Crippen LogP contribution >= 0.6 is 15.9 Å². The van der Waals surface area contributed by atoms with Crippen LogP contribution in [0.2, 0.25) is 0 Å². The van der Waals surface area contributed by atoms with Crippen molar-refractivity contribution in [3.8, 4) is 0 Å². The number of hydrogen-bond acceptors (Lipinski definition) is 2. The van der Waals surface area contributed by atoms with Crippen molar-refractivity contribution >= 4 is 27.7 Å². The van der Waals surface area contributed by atoms with E-state index < -0.39 is 4.32 Å². The van der Waals surface area contributed by atoms with E-state index in [4.69, 9.17) is 0 Å². The Bertz CT molecular complexity index is 245. The predicted molar refractivity (Wildman–Crippen MR) is 68.6 cm³/mol. The molecule has 0 aliphatic carbocycles. The molecular formula is C11H21BrN2O2. The van der Waals surface area contributed by atoms with E-state index in [1.165, 1.54) is 0 Å². The Morgan fingerprint density at radius 2 is 1.75 bits per heavy atom. The fourth-order valence-corrected chi connectivity index (χ4v) is 1.37. The molecule has 16 heavy (non-hydrogen) atoms. The van der Waals surface area contributed by atoms with Gasteiger partial charge in [0.1, 0.15) is 0 Å². The summed E-state index contributed by atoms with van der Waals surface area (Å²) in [5, 5.41) is 2.72. The maximum atomic E-state index is 11.6. The Hall–Kier alpha value is -0.580. The van der Waals surface area contributed by atoms with Gasteiger partial charge in [-0.05, 0) is 27.7 Å². The molecule has 0 atom stereocenters. The normalized spacial score (nSPS) is 11.1. The molecule has 94 valence electrons. The third-order valence-electron chi connectivity index (χ3n) is 2.28. The second-order valence-corrected chi connectivity index (χ2v) is 6.03. The maximum absolute atomic E-state index is 11.6. The molecule has 0 aromatic carbocycles. The first-order chi connectivity index (χ1) is 7.32. The van der Waals surface area contributed by atoms with Crippen LogP contribution in [0.25, 0.3) is 0 Å². The van der Waals surface area contributed by atoms with Crippen molar-refractivity contribution in [1.82, 2.24) is 10.2 Å². The minimum atomic E-state index is -0.578. The summed E-state index contributed by atoms with van der Waals surface area (Å²) < 4.78 is -0.578. The second-order valence-electron chi connectivity index (χ2n) is 4.04. The monoisotopic (exact) mass is 292 g/mol. The molecular weight excluding hydrogens is 272 g/mol. The molecule has 0 aromatic rings. The minimum absolute atomic E-state index is 0.0812. The average molecular weight is 293 g/mol. The quantitative estimate of drug-likeness (QED) is 0.755. The molecule has 0 rings (SSSR count). The van der Waals surface area contributed by atoms with E-state index in [0.29, 0.717) is 26.1 Å². The first kappa shape index (κ1) is 15.4. The molecule has 2 amide bonds. The summed E-state index contributed by atoms with van der Waals surface area (Å²) in [6.07, 6.45) is 0.358. The van der Waals surface area contributed by atoms with Gasteiger partial charge in [0, 0.05) is 26.1 Å². The molecule has 1 N–H and O–H groups in total. The van der Waals surface area contributed by atoms with Crippen LogP contribution in [-0.2, 0) is 9.59 Å². The van der Waals surface area contributed by atoms with Crippen LogP contribution in [0, 0.1) is 0 Å². The van der Waals surface area contributed by atoms with Crippen LogP contribution < -0.4 is 5.32 Å². The predicted octanol–water partition coefficient (Wildman–Crippen LogP) is 1.53. The zero-order valence-corrected chi connectivity index (χ0v) is 12.1. The fourth-order valence-electron chi connectivity index (χ4n) is 1.23. The van der Waals surface area contributed by atoms with Gasteiger partial charge in [-0.15, -0.1) is 0 Å². The third-order valence-corrected chi connectivity index (χ3v) is 2.64. The number of alkyl halides is 1. The Morgan fingerprint density at radius 3 is 2.12 bits per heavy atom. The van der Waals surface area contributed by atoms with Crippen molar-refractivity contribution in [2.24, 2.45) is 0 Å². The summed E-state index contributed by atoms with van der Waals surface area (Å²) in [4.78, 5) is 24.8. The molecule has 0 aromatic heterocycles. The van der Waals surface area contributed by atoms with E-state index >= 15 is 0 Å². The lowest BCUT2D eigenvalue weighted by atomic mass is 10.2. The number of carbonyl (C=O) groups excluding carboxylic acids is 2. The van der Waals surface area contributed by atoms with Gasteiger partial charge < -0.3 is 10.2 Å². The van der Waals surface area contributed by atoms with Gasteiger partial charge in [-0.1, -0.05) is 15.9 Å². The van der Waals surface area contributed by atoms with Gasteiger partial charge in [0.2, 0.25) is 11.8 Å². The summed E-state index contributed by atoms with van der Waals surface area (Å²) in [5.41, 5.74) is 0. The first-order valence-electron chi connectivity index (χ1n) is 5.57. The summed E-state index contributed by atoms with van der Waals surface area (Å²) in [6, 6.07) is 0. The third kappa shape index (κ3) is 5.49. The Morgan fingerprint density at radius 1 is 1.25 bits per heavy atom. The first-order valence-corrected chi connectivity index (χ1v) is 6.37. The molecule has 0 saturated heterocycles. The summed E-state index contributed by atoms with van der Waals surface area (Å²) in [6.45, 7) is 9.26. The highest BCUT2D eigenvalue weighted by atomic mass is 79.9. The van der Waals surface area contributed by atoms with Gasteiger partial charge in [-0.3, -0.25) is 9.59 Å². The van der Waals surface area contributed by atoms with E-state index in [2.05, 4.69) is 21.2 Å². The zero-order valence-electron chi connectivity index (χ0n) is 10.5. The van der Waals surface area contributed by atoms with Crippen molar-refractivity contribution in [2.45, 2.75) is 38.4 Å². The summed E-state index contributed by atoms with van der Waals surface area (Å²) in [5.74, 6) is -0.0162. The number of rotatable bonds is 6. The van der Waals surface area contributed by atoms with E-state index in [9.17, 15) is 9.59 Å². The van der Waals surface area contributed by atoms with Gasteiger partial charge in [0.05, 0.1) is 4.32 Å². The highest BCUT2D eigenvalue weighted by Crippen LogP contribution is 2.14. The van der Waals surface area contributed by atoms with Crippen LogP contribution in [0.1, 0.15) is 34.1 Å². The number of nitrogens with zero attached hydrogens (tertiary/aromatic N) is 1. The standard InChI is InChI=1S/C11H21BrN2O2/c1-5-14(6-2)9(15)7-8-13-10(16)11(3,4)12/h5-8H2,1-4H3,(H,13,16). The Labute approximate surface area is 106 Å². The van der Waals surface area contributed by atoms with Crippen molar-refractivity contribution in [3.05, 3.63) is 0 Å². The van der Waals surface area contributed by atoms with Crippen LogP contribution in [0.5, 0.6) is 0 Å². The van der Waals surface area contributed by atoms with Gasteiger partial charge in [0.15, 0.2) is 0 Å². The molecule has 0 aliphatic heterocycles. The molecule has 0 saturated carbocycles. The van der Waals surface area contributed by atoms with E-state index in [1.807, 2.05) is 13.8 Å². The molecule has 0 spiro atoms. The highest BCUT2D eigenvalue weighted by molar-refractivity contribution is 9.10. The topological polar surface area (TPSA) is 49.4 Å². The number of hydrogen-bond donors (Lipinski definition) is 1. The van der Waals surface area contributed by atoms with Crippen molar-refractivity contribution < 1.29 is 9.59 Å². The van der Waals surface area contributed by atoms with Crippen LogP contribution in [-0.4, -0.2) is 40.7 Å². The molecule has 4 nitrogen and oxygen atoms in total. The lowest BCUT2D eigenvalue weighted by Gasteiger charge is -2.20. The van der Waals surface area contributed by atoms with E-state index in [1.54, 1.807) is 18.7 Å². The molecule has 0 unspecified atom stereocenters. The van der Waals surface area contributed by atoms with Gasteiger partial charge in [-0.25, -0.2) is 0 Å². The summed E-state index contributed by atoms with van der Waals surface area (Å²) in [7, 11) is 0. The van der Waals surface area contributed by atoms with Gasteiger partial charge >= 0.3 is 0 Å². The fraction of sp³-hybridized carbons (Fsp3) is 0.818. The highest BCUT2D eigenvalue weighted by Gasteiger charge is 2.23. The number of halogens is 1. The molecule has 0 heterocycles. The van der Waals surface area contributed by atoms with Gasteiger partial charge in [-0.2, -0.15) is 0 Å². The summed E-state index contributed by atoms with van der Waals surface area (Å²) >= 11 is 3.26. The molecule has 0 radical (unpaired) electrons.